The molecule has 0 saturated carbocycles. The fourth-order valence-electron chi connectivity index (χ4n) is 3.62. The Hall–Kier alpha value is -3.23. The van der Waals surface area contributed by atoms with Crippen LogP contribution >= 0.6 is 23.2 Å². The van der Waals surface area contributed by atoms with Crippen molar-refractivity contribution in [3.05, 3.63) is 88.2 Å². The van der Waals surface area contributed by atoms with Crippen molar-refractivity contribution < 1.29 is 22.4 Å². The van der Waals surface area contributed by atoms with Crippen LogP contribution in [0.4, 0.5) is 28.9 Å². The van der Waals surface area contributed by atoms with Crippen molar-refractivity contribution >= 4 is 46.2 Å². The van der Waals surface area contributed by atoms with E-state index in [0.717, 1.165) is 4.90 Å². The van der Waals surface area contributed by atoms with Gasteiger partial charge in [-0.05, 0) is 48.0 Å². The van der Waals surface area contributed by atoms with Crippen molar-refractivity contribution in [3.8, 4) is 11.1 Å². The van der Waals surface area contributed by atoms with Crippen LogP contribution in [0.15, 0.2) is 61.2 Å². The van der Waals surface area contributed by atoms with Gasteiger partial charge in [-0.15, -0.1) is 0 Å². The molecule has 1 amide bonds. The average molecular weight is 526 g/mol. The van der Waals surface area contributed by atoms with Crippen molar-refractivity contribution in [2.45, 2.75) is 6.18 Å². The Morgan fingerprint density at radius 3 is 2.29 bits per heavy atom. The van der Waals surface area contributed by atoms with Gasteiger partial charge in [0, 0.05) is 35.9 Å². The second kappa shape index (κ2) is 10.2. The zero-order valence-electron chi connectivity index (χ0n) is 18.8. The van der Waals surface area contributed by atoms with Gasteiger partial charge in [0.15, 0.2) is 0 Å². The lowest BCUT2D eigenvalue weighted by Crippen LogP contribution is -2.32. The van der Waals surface area contributed by atoms with Gasteiger partial charge in [-0.25, -0.2) is 4.39 Å². The Labute approximate surface area is 210 Å². The highest BCUT2D eigenvalue weighted by Gasteiger charge is 2.31. The van der Waals surface area contributed by atoms with Crippen LogP contribution in [0.1, 0.15) is 15.9 Å². The summed E-state index contributed by atoms with van der Waals surface area (Å²) < 4.78 is 54.3. The summed E-state index contributed by atoms with van der Waals surface area (Å²) >= 11 is 12.5. The number of alkyl halides is 3. The van der Waals surface area contributed by atoms with E-state index in [1.807, 2.05) is 0 Å². The molecular formula is C25H21Cl2F4N3O. The molecule has 0 fully saturated rings. The topological polar surface area (TPSA) is 49.6 Å². The molecule has 4 nitrogen and oxygen atoms in total. The number of anilines is 2. The van der Waals surface area contributed by atoms with E-state index in [1.54, 1.807) is 19.2 Å². The average Bonchev–Trinajstić information content (AvgIpc) is 2.77. The van der Waals surface area contributed by atoms with Crippen LogP contribution in [-0.4, -0.2) is 32.7 Å². The molecule has 0 spiro atoms. The van der Waals surface area contributed by atoms with Gasteiger partial charge < -0.3 is 15.5 Å². The maximum absolute atomic E-state index is 14.5. The molecule has 184 valence electrons. The van der Waals surface area contributed by atoms with E-state index in [0.29, 0.717) is 16.8 Å². The van der Waals surface area contributed by atoms with Crippen molar-refractivity contribution in [1.82, 2.24) is 0 Å². The van der Waals surface area contributed by atoms with Gasteiger partial charge in [-0.1, -0.05) is 41.9 Å². The van der Waals surface area contributed by atoms with Crippen molar-refractivity contribution in [3.63, 3.8) is 0 Å². The fraction of sp³-hybridized carbons (Fsp3) is 0.160. The summed E-state index contributed by atoms with van der Waals surface area (Å²) in [6, 6.07) is 13.2. The highest BCUT2D eigenvalue weighted by Crippen LogP contribution is 2.40. The van der Waals surface area contributed by atoms with Crippen LogP contribution in [0.3, 0.4) is 0 Å². The maximum Gasteiger partial charge on any atom is 0.405 e. The molecule has 3 rings (SSSR count). The summed E-state index contributed by atoms with van der Waals surface area (Å²) in [7, 11) is 2.83. The molecule has 0 aliphatic heterocycles. The molecule has 0 heterocycles. The number of benzene rings is 3. The van der Waals surface area contributed by atoms with Gasteiger partial charge >= 0.3 is 6.18 Å². The third-order valence-electron chi connectivity index (χ3n) is 5.38. The molecule has 10 heteroatoms. The quantitative estimate of drug-likeness (QED) is 0.337. The van der Waals surface area contributed by atoms with Crippen LogP contribution in [-0.2, 0) is 0 Å². The smallest absolute Gasteiger partial charge is 0.366 e. The highest BCUT2D eigenvalue weighted by molar-refractivity contribution is 6.33. The third kappa shape index (κ3) is 5.89. The molecule has 0 saturated heterocycles. The summed E-state index contributed by atoms with van der Waals surface area (Å²) in [5.74, 6) is -1.29. The fourth-order valence-corrected chi connectivity index (χ4v) is 4.12. The van der Waals surface area contributed by atoms with Crippen molar-refractivity contribution in [2.75, 3.05) is 30.4 Å². The number of hydrogen-bond donors (Lipinski definition) is 1. The Morgan fingerprint density at radius 2 is 1.69 bits per heavy atom. The predicted octanol–water partition coefficient (Wildman–Crippen LogP) is 7.00. The summed E-state index contributed by atoms with van der Waals surface area (Å²) in [5, 5.41) is 0.391. The minimum absolute atomic E-state index is 0.0300. The Morgan fingerprint density at radius 1 is 1.00 bits per heavy atom. The molecule has 2 N–H and O–H groups in total. The Bertz CT molecular complexity index is 1270. The van der Waals surface area contributed by atoms with Crippen LogP contribution in [0.25, 0.3) is 16.8 Å². The normalized spacial score (nSPS) is 11.3. The molecule has 3 aromatic rings. The summed E-state index contributed by atoms with van der Waals surface area (Å²) in [5.41, 5.74) is 7.07. The number of amides is 1. The van der Waals surface area contributed by atoms with E-state index in [9.17, 15) is 22.4 Å². The summed E-state index contributed by atoms with van der Waals surface area (Å²) in [4.78, 5) is 14.1. The first-order valence-electron chi connectivity index (χ1n) is 10.2. The number of carbonyl (C=O) groups is 1. The molecule has 0 bridgehead atoms. The lowest BCUT2D eigenvalue weighted by molar-refractivity contribution is -0.119. The second-order valence-electron chi connectivity index (χ2n) is 7.84. The number of rotatable bonds is 7. The lowest BCUT2D eigenvalue weighted by Gasteiger charge is -2.30. The maximum atomic E-state index is 14.5. The van der Waals surface area contributed by atoms with Crippen LogP contribution < -0.4 is 15.5 Å². The standard InChI is InChI=1S/C25H21Cl2F4N3O/c1-14(23-19(27)5-4-6-20(23)28)34(3)21-10-8-15(12-22(21)33(2)13-25(29,30)31)17-11-16(24(32)35)7-9-18(17)26/h4-12H,1,13H2,2-3H3,(H2,32,35). The first kappa shape index (κ1) is 26.4. The van der Waals surface area contributed by atoms with Crippen LogP contribution in [0.5, 0.6) is 0 Å². The number of halogens is 6. The Kier molecular flexibility index (Phi) is 7.67. The molecule has 0 atom stereocenters. The monoisotopic (exact) mass is 525 g/mol. The largest absolute Gasteiger partial charge is 0.405 e. The zero-order valence-corrected chi connectivity index (χ0v) is 20.3. The minimum Gasteiger partial charge on any atom is -0.366 e. The van der Waals surface area contributed by atoms with E-state index in [1.165, 1.54) is 54.4 Å². The zero-order chi connectivity index (χ0) is 26.1. The molecule has 3 aromatic carbocycles. The molecular weight excluding hydrogens is 505 g/mol. The SMILES string of the molecule is C=C(c1c(F)cccc1Cl)N(C)c1ccc(-c2cc(C(N)=O)ccc2Cl)cc1N(C)CC(F)(F)F. The molecule has 0 aliphatic carbocycles. The van der Waals surface area contributed by atoms with Gasteiger partial charge in [-0.3, -0.25) is 4.79 Å². The number of primary amides is 1. The van der Waals surface area contributed by atoms with Gasteiger partial charge in [0.1, 0.15) is 12.4 Å². The minimum atomic E-state index is -4.49. The van der Waals surface area contributed by atoms with E-state index in [-0.39, 0.29) is 32.6 Å². The first-order chi connectivity index (χ1) is 16.3. The van der Waals surface area contributed by atoms with Crippen molar-refractivity contribution in [1.29, 1.82) is 0 Å². The van der Waals surface area contributed by atoms with Gasteiger partial charge in [0.2, 0.25) is 5.91 Å². The van der Waals surface area contributed by atoms with Crippen molar-refractivity contribution in [2.24, 2.45) is 5.73 Å². The summed E-state index contributed by atoms with van der Waals surface area (Å²) in [6.45, 7) is 2.66. The van der Waals surface area contributed by atoms with Crippen LogP contribution in [0.2, 0.25) is 10.0 Å². The van der Waals surface area contributed by atoms with E-state index in [4.69, 9.17) is 28.9 Å². The molecule has 0 aromatic heterocycles. The number of nitrogens with zero attached hydrogens (tertiary/aromatic N) is 2. The Balaban J connectivity index is 2.16. The van der Waals surface area contributed by atoms with E-state index >= 15 is 0 Å². The predicted molar refractivity (Wildman–Crippen MR) is 134 cm³/mol. The third-order valence-corrected chi connectivity index (χ3v) is 6.03. The number of hydrogen-bond acceptors (Lipinski definition) is 3. The highest BCUT2D eigenvalue weighted by atomic mass is 35.5. The van der Waals surface area contributed by atoms with Gasteiger partial charge in [-0.2, -0.15) is 13.2 Å². The molecule has 35 heavy (non-hydrogen) atoms. The number of carbonyl (C=O) groups excluding carboxylic acids is 1. The van der Waals surface area contributed by atoms with Gasteiger partial charge in [0.05, 0.1) is 22.0 Å². The lowest BCUT2D eigenvalue weighted by atomic mass is 10.0. The van der Waals surface area contributed by atoms with Crippen LogP contribution in [0, 0.1) is 5.82 Å². The van der Waals surface area contributed by atoms with E-state index < -0.39 is 24.4 Å². The molecule has 0 aliphatic rings. The van der Waals surface area contributed by atoms with E-state index in [2.05, 4.69) is 6.58 Å². The summed E-state index contributed by atoms with van der Waals surface area (Å²) in [6.07, 6.45) is -4.49. The van der Waals surface area contributed by atoms with Gasteiger partial charge in [0.25, 0.3) is 0 Å². The second-order valence-corrected chi connectivity index (χ2v) is 8.65. The molecule has 0 unspecified atom stereocenters. The first-order valence-corrected chi connectivity index (χ1v) is 10.9. The number of nitrogens with two attached hydrogens (primary N) is 1. The molecule has 0 radical (unpaired) electrons.